The first kappa shape index (κ1) is 26.3. The van der Waals surface area contributed by atoms with Gasteiger partial charge in [-0.15, -0.1) is 0 Å². The molecule has 0 aliphatic carbocycles. The van der Waals surface area contributed by atoms with Crippen LogP contribution in [0.2, 0.25) is 0 Å². The monoisotopic (exact) mass is 556 g/mol. The first-order chi connectivity index (χ1) is 19.6. The molecule has 1 atom stereocenters. The Kier molecular flexibility index (Phi) is 7.64. The minimum absolute atomic E-state index is 0.0961. The van der Waals surface area contributed by atoms with Gasteiger partial charge in [-0.3, -0.25) is 14.2 Å². The Morgan fingerprint density at radius 2 is 1.80 bits per heavy atom. The minimum Gasteiger partial charge on any atom is -0.454 e. The van der Waals surface area contributed by atoms with Crippen LogP contribution in [0.1, 0.15) is 38.2 Å². The molecule has 1 N–H and O–H groups in total. The SMILES string of the molecule is CC[C@@H](Sc1nc2ccc(N3CCCCC3)cc2c(=O)n1Cc1ccccc1)C(=O)Nc1ccc2c(c1)OCO2. The van der Waals surface area contributed by atoms with Gasteiger partial charge < -0.3 is 19.7 Å². The van der Waals surface area contributed by atoms with E-state index in [0.29, 0.717) is 46.2 Å². The molecule has 9 heteroatoms. The van der Waals surface area contributed by atoms with Crippen LogP contribution in [0.4, 0.5) is 11.4 Å². The molecule has 6 rings (SSSR count). The van der Waals surface area contributed by atoms with Crippen LogP contribution in [0.15, 0.2) is 76.7 Å². The molecule has 0 unspecified atom stereocenters. The molecule has 0 radical (unpaired) electrons. The maximum Gasteiger partial charge on any atom is 0.262 e. The van der Waals surface area contributed by atoms with E-state index in [2.05, 4.69) is 16.3 Å². The predicted octanol–water partition coefficient (Wildman–Crippen LogP) is 5.67. The van der Waals surface area contributed by atoms with E-state index in [1.807, 2.05) is 49.4 Å². The molecule has 1 aromatic heterocycles. The second kappa shape index (κ2) is 11.6. The van der Waals surface area contributed by atoms with E-state index in [0.717, 1.165) is 37.2 Å². The van der Waals surface area contributed by atoms with Gasteiger partial charge in [0.05, 0.1) is 22.7 Å². The maximum atomic E-state index is 14.0. The number of amides is 1. The number of nitrogens with zero attached hydrogens (tertiary/aromatic N) is 3. The molecule has 0 bridgehead atoms. The van der Waals surface area contributed by atoms with Gasteiger partial charge in [0, 0.05) is 30.5 Å². The summed E-state index contributed by atoms with van der Waals surface area (Å²) in [6, 6.07) is 21.2. The quantitative estimate of drug-likeness (QED) is 0.221. The number of anilines is 2. The molecule has 206 valence electrons. The average molecular weight is 557 g/mol. The summed E-state index contributed by atoms with van der Waals surface area (Å²) < 4.78 is 12.5. The Morgan fingerprint density at radius 3 is 2.60 bits per heavy atom. The van der Waals surface area contributed by atoms with Crippen LogP contribution >= 0.6 is 11.8 Å². The lowest BCUT2D eigenvalue weighted by molar-refractivity contribution is -0.115. The summed E-state index contributed by atoms with van der Waals surface area (Å²) >= 11 is 1.32. The van der Waals surface area contributed by atoms with Gasteiger partial charge >= 0.3 is 0 Å². The van der Waals surface area contributed by atoms with E-state index >= 15 is 0 Å². The number of hydrogen-bond donors (Lipinski definition) is 1. The van der Waals surface area contributed by atoms with Gasteiger partial charge in [-0.25, -0.2) is 4.98 Å². The Bertz CT molecular complexity index is 1580. The van der Waals surface area contributed by atoms with Gasteiger partial charge in [-0.1, -0.05) is 49.0 Å². The number of carbonyl (C=O) groups is 1. The Hall–Kier alpha value is -3.98. The molecule has 0 saturated carbocycles. The van der Waals surface area contributed by atoms with Crippen molar-refractivity contribution in [3.05, 3.63) is 82.6 Å². The molecule has 4 aromatic rings. The number of benzene rings is 3. The molecule has 0 spiro atoms. The average Bonchev–Trinajstić information content (AvgIpc) is 3.46. The van der Waals surface area contributed by atoms with Crippen LogP contribution in [0.25, 0.3) is 10.9 Å². The van der Waals surface area contributed by atoms with Crippen LogP contribution in [0.5, 0.6) is 11.5 Å². The van der Waals surface area contributed by atoms with Gasteiger partial charge in [0.25, 0.3) is 5.56 Å². The van der Waals surface area contributed by atoms with Gasteiger partial charge in [0.1, 0.15) is 0 Å². The van der Waals surface area contributed by atoms with Crippen molar-refractivity contribution in [1.29, 1.82) is 0 Å². The zero-order chi connectivity index (χ0) is 27.5. The zero-order valence-electron chi connectivity index (χ0n) is 22.5. The molecule has 1 saturated heterocycles. The van der Waals surface area contributed by atoms with E-state index in [1.54, 1.807) is 22.8 Å². The first-order valence-corrected chi connectivity index (χ1v) is 14.7. The van der Waals surface area contributed by atoms with E-state index in [9.17, 15) is 9.59 Å². The van der Waals surface area contributed by atoms with E-state index < -0.39 is 5.25 Å². The van der Waals surface area contributed by atoms with Crippen LogP contribution in [0.3, 0.4) is 0 Å². The number of rotatable bonds is 8. The summed E-state index contributed by atoms with van der Waals surface area (Å²) in [6.07, 6.45) is 4.14. The Labute approximate surface area is 237 Å². The third-order valence-corrected chi connectivity index (χ3v) is 8.71. The van der Waals surface area contributed by atoms with Crippen molar-refractivity contribution in [2.75, 3.05) is 30.1 Å². The highest BCUT2D eigenvalue weighted by molar-refractivity contribution is 8.00. The zero-order valence-corrected chi connectivity index (χ0v) is 23.3. The second-order valence-electron chi connectivity index (χ2n) is 10.1. The van der Waals surface area contributed by atoms with Crippen molar-refractivity contribution in [1.82, 2.24) is 9.55 Å². The van der Waals surface area contributed by atoms with Gasteiger partial charge in [-0.05, 0) is 61.6 Å². The van der Waals surface area contributed by atoms with Crippen molar-refractivity contribution in [2.45, 2.75) is 49.6 Å². The Balaban J connectivity index is 1.33. The van der Waals surface area contributed by atoms with Crippen LogP contribution in [-0.4, -0.2) is 40.6 Å². The van der Waals surface area contributed by atoms with Crippen molar-refractivity contribution in [2.24, 2.45) is 0 Å². The summed E-state index contributed by atoms with van der Waals surface area (Å²) in [7, 11) is 0. The topological polar surface area (TPSA) is 85.7 Å². The van der Waals surface area contributed by atoms with Crippen molar-refractivity contribution in [3.8, 4) is 11.5 Å². The molecule has 2 aliphatic heterocycles. The molecule has 40 heavy (non-hydrogen) atoms. The van der Waals surface area contributed by atoms with E-state index in [1.165, 1.54) is 18.2 Å². The maximum absolute atomic E-state index is 14.0. The minimum atomic E-state index is -0.454. The molecular formula is C31H32N4O4S. The molecule has 2 aliphatic rings. The van der Waals surface area contributed by atoms with Crippen LogP contribution in [-0.2, 0) is 11.3 Å². The molecule has 1 fully saturated rings. The lowest BCUT2D eigenvalue weighted by atomic mass is 10.1. The van der Waals surface area contributed by atoms with Crippen molar-refractivity contribution in [3.63, 3.8) is 0 Å². The summed E-state index contributed by atoms with van der Waals surface area (Å²) in [5.74, 6) is 1.11. The largest absolute Gasteiger partial charge is 0.454 e. The highest BCUT2D eigenvalue weighted by atomic mass is 32.2. The van der Waals surface area contributed by atoms with E-state index in [-0.39, 0.29) is 18.3 Å². The highest BCUT2D eigenvalue weighted by Gasteiger charge is 2.24. The van der Waals surface area contributed by atoms with Gasteiger partial charge in [0.15, 0.2) is 16.7 Å². The van der Waals surface area contributed by atoms with Crippen LogP contribution in [0, 0.1) is 0 Å². The molecule has 1 amide bonds. The summed E-state index contributed by atoms with van der Waals surface area (Å²) in [4.78, 5) is 34.6. The number of fused-ring (bicyclic) bond motifs is 2. The lowest BCUT2D eigenvalue weighted by Gasteiger charge is -2.29. The number of ether oxygens (including phenoxy) is 2. The molecule has 3 heterocycles. The number of piperidine rings is 1. The third kappa shape index (κ3) is 5.51. The fraction of sp³-hybridized carbons (Fsp3) is 0.323. The predicted molar refractivity (Wildman–Crippen MR) is 159 cm³/mol. The van der Waals surface area contributed by atoms with Crippen molar-refractivity contribution >= 4 is 39.9 Å². The smallest absolute Gasteiger partial charge is 0.262 e. The summed E-state index contributed by atoms with van der Waals surface area (Å²) in [6.45, 7) is 4.51. The van der Waals surface area contributed by atoms with Gasteiger partial charge in [0.2, 0.25) is 12.7 Å². The van der Waals surface area contributed by atoms with Gasteiger partial charge in [-0.2, -0.15) is 0 Å². The standard InChI is InChI=1S/C31H32N4O4S/c1-2-28(29(36)32-22-11-14-26-27(17-22)39-20-38-26)40-31-33-25-13-12-23(34-15-7-4-8-16-34)18-24(25)30(37)35(31)19-21-9-5-3-6-10-21/h3,5-6,9-14,17-18,28H,2,4,7-8,15-16,19-20H2,1H3,(H,32,36)/t28-/m1/s1. The molecule has 8 nitrogen and oxygen atoms in total. The molecular weight excluding hydrogens is 524 g/mol. The fourth-order valence-corrected chi connectivity index (χ4v) is 6.19. The van der Waals surface area contributed by atoms with E-state index in [4.69, 9.17) is 14.5 Å². The van der Waals surface area contributed by atoms with Crippen LogP contribution < -0.4 is 25.2 Å². The lowest BCUT2D eigenvalue weighted by Crippen LogP contribution is -2.30. The highest BCUT2D eigenvalue weighted by Crippen LogP contribution is 2.35. The Morgan fingerprint density at radius 1 is 1.00 bits per heavy atom. The number of carbonyl (C=O) groups excluding carboxylic acids is 1. The summed E-state index contributed by atoms with van der Waals surface area (Å²) in [5.41, 5.74) is 3.24. The van der Waals surface area contributed by atoms with Crippen molar-refractivity contribution < 1.29 is 14.3 Å². The number of hydrogen-bond acceptors (Lipinski definition) is 7. The number of aromatic nitrogens is 2. The second-order valence-corrected chi connectivity index (χ2v) is 11.3. The molecule has 3 aromatic carbocycles. The number of nitrogens with one attached hydrogen (secondary N) is 1. The normalized spacial score (nSPS) is 15.3. The third-order valence-electron chi connectivity index (χ3n) is 7.36. The number of thioether (sulfide) groups is 1. The fourth-order valence-electron chi connectivity index (χ4n) is 5.18. The first-order valence-electron chi connectivity index (χ1n) is 13.8. The summed E-state index contributed by atoms with van der Waals surface area (Å²) in [5, 5.41) is 3.66.